The van der Waals surface area contributed by atoms with Gasteiger partial charge in [-0.2, -0.15) is 0 Å². The van der Waals surface area contributed by atoms with Crippen molar-refractivity contribution in [3.05, 3.63) is 58.6 Å². The van der Waals surface area contributed by atoms with Crippen LogP contribution in [0.5, 0.6) is 5.75 Å². The van der Waals surface area contributed by atoms with Crippen molar-refractivity contribution < 1.29 is 14.3 Å². The molecular formula is C17H16ClNO3. The van der Waals surface area contributed by atoms with Gasteiger partial charge in [0.25, 0.3) is 5.91 Å². The summed E-state index contributed by atoms with van der Waals surface area (Å²) in [5.41, 5.74) is 2.38. The molecule has 0 spiro atoms. The summed E-state index contributed by atoms with van der Waals surface area (Å²) >= 11 is 6.14. The van der Waals surface area contributed by atoms with Crippen LogP contribution in [0, 0.1) is 0 Å². The van der Waals surface area contributed by atoms with Crippen molar-refractivity contribution in [3.63, 3.8) is 0 Å². The highest BCUT2D eigenvalue weighted by atomic mass is 35.5. The molecule has 0 saturated carbocycles. The maximum Gasteiger partial charge on any atom is 0.258 e. The third kappa shape index (κ3) is 2.80. The first-order chi connectivity index (χ1) is 10.7. The standard InChI is InChI=1S/C17H16ClNO3/c1-21-11-12-5-7-13(8-6-12)17(20)19-9-10-22-16-14(18)3-2-4-15(16)19/h2-8H,9-11H2,1H3. The summed E-state index contributed by atoms with van der Waals surface area (Å²) in [6.07, 6.45) is 0. The number of benzene rings is 2. The van der Waals surface area contributed by atoms with E-state index in [9.17, 15) is 4.79 Å². The minimum atomic E-state index is -0.0595. The van der Waals surface area contributed by atoms with Crippen molar-refractivity contribution in [2.75, 3.05) is 25.2 Å². The van der Waals surface area contributed by atoms with Gasteiger partial charge in [-0.3, -0.25) is 4.79 Å². The van der Waals surface area contributed by atoms with Gasteiger partial charge in [0.15, 0.2) is 5.75 Å². The van der Waals surface area contributed by atoms with Gasteiger partial charge >= 0.3 is 0 Å². The lowest BCUT2D eigenvalue weighted by molar-refractivity contribution is 0.0976. The Morgan fingerprint density at radius 3 is 2.77 bits per heavy atom. The fourth-order valence-electron chi connectivity index (χ4n) is 2.49. The zero-order chi connectivity index (χ0) is 15.5. The highest BCUT2D eigenvalue weighted by Crippen LogP contribution is 2.38. The number of nitrogens with zero attached hydrogens (tertiary/aromatic N) is 1. The second-order valence-electron chi connectivity index (χ2n) is 5.02. The Morgan fingerprint density at radius 2 is 2.05 bits per heavy atom. The van der Waals surface area contributed by atoms with E-state index in [-0.39, 0.29) is 5.91 Å². The molecular weight excluding hydrogens is 302 g/mol. The van der Waals surface area contributed by atoms with Crippen LogP contribution in [-0.4, -0.2) is 26.2 Å². The molecule has 1 aliphatic heterocycles. The first-order valence-electron chi connectivity index (χ1n) is 7.02. The maximum absolute atomic E-state index is 12.7. The molecule has 0 fully saturated rings. The van der Waals surface area contributed by atoms with E-state index >= 15 is 0 Å². The Morgan fingerprint density at radius 1 is 1.27 bits per heavy atom. The summed E-state index contributed by atoms with van der Waals surface area (Å²) in [6.45, 7) is 1.47. The third-order valence-electron chi connectivity index (χ3n) is 3.56. The molecule has 0 atom stereocenters. The van der Waals surface area contributed by atoms with Gasteiger partial charge < -0.3 is 14.4 Å². The number of ether oxygens (including phenoxy) is 2. The molecule has 4 nitrogen and oxygen atoms in total. The second kappa shape index (κ2) is 6.38. The molecule has 0 aliphatic carbocycles. The molecule has 5 heteroatoms. The zero-order valence-corrected chi connectivity index (χ0v) is 13.0. The van der Waals surface area contributed by atoms with Gasteiger partial charge in [-0.15, -0.1) is 0 Å². The average Bonchev–Trinajstić information content (AvgIpc) is 2.55. The number of para-hydroxylation sites is 1. The van der Waals surface area contributed by atoms with Crippen LogP contribution in [-0.2, 0) is 11.3 Å². The number of methoxy groups -OCH3 is 1. The number of anilines is 1. The normalized spacial score (nSPS) is 13.5. The number of amides is 1. The molecule has 2 aromatic rings. The predicted molar refractivity (Wildman–Crippen MR) is 85.8 cm³/mol. The van der Waals surface area contributed by atoms with Crippen molar-refractivity contribution >= 4 is 23.2 Å². The largest absolute Gasteiger partial charge is 0.488 e. The quantitative estimate of drug-likeness (QED) is 0.869. The van der Waals surface area contributed by atoms with Crippen molar-refractivity contribution in [3.8, 4) is 5.75 Å². The van der Waals surface area contributed by atoms with Gasteiger partial charge in [0, 0.05) is 12.7 Å². The van der Waals surface area contributed by atoms with Crippen LogP contribution in [0.15, 0.2) is 42.5 Å². The monoisotopic (exact) mass is 317 g/mol. The number of rotatable bonds is 3. The van der Waals surface area contributed by atoms with Gasteiger partial charge in [0.1, 0.15) is 6.61 Å². The Bertz CT molecular complexity index is 685. The number of hydrogen-bond acceptors (Lipinski definition) is 3. The van der Waals surface area contributed by atoms with Crippen LogP contribution in [0.25, 0.3) is 0 Å². The Hall–Kier alpha value is -2.04. The zero-order valence-electron chi connectivity index (χ0n) is 12.2. The van der Waals surface area contributed by atoms with Crippen LogP contribution < -0.4 is 9.64 Å². The van der Waals surface area contributed by atoms with E-state index in [0.717, 1.165) is 5.56 Å². The van der Waals surface area contributed by atoms with Crippen molar-refractivity contribution in [1.29, 1.82) is 0 Å². The van der Waals surface area contributed by atoms with Gasteiger partial charge in [0.2, 0.25) is 0 Å². The number of carbonyl (C=O) groups is 1. The summed E-state index contributed by atoms with van der Waals surface area (Å²) in [4.78, 5) is 14.4. The average molecular weight is 318 g/mol. The number of carbonyl (C=O) groups excluding carboxylic acids is 1. The van der Waals surface area contributed by atoms with Gasteiger partial charge in [0.05, 0.1) is 23.9 Å². The predicted octanol–water partition coefficient (Wildman–Crippen LogP) is 3.53. The first kappa shape index (κ1) is 14.9. The molecule has 1 heterocycles. The highest BCUT2D eigenvalue weighted by molar-refractivity contribution is 6.32. The molecule has 1 amide bonds. The van der Waals surface area contributed by atoms with Crippen molar-refractivity contribution in [2.45, 2.75) is 6.61 Å². The molecule has 0 unspecified atom stereocenters. The fraction of sp³-hybridized carbons (Fsp3) is 0.235. The summed E-state index contributed by atoms with van der Waals surface area (Å²) in [5.74, 6) is 0.510. The highest BCUT2D eigenvalue weighted by Gasteiger charge is 2.26. The van der Waals surface area contributed by atoms with Crippen LogP contribution >= 0.6 is 11.6 Å². The van der Waals surface area contributed by atoms with Crippen LogP contribution in [0.4, 0.5) is 5.69 Å². The van der Waals surface area contributed by atoms with E-state index in [1.807, 2.05) is 36.4 Å². The van der Waals surface area contributed by atoms with Gasteiger partial charge in [-0.1, -0.05) is 29.8 Å². The Kier molecular flexibility index (Phi) is 4.32. The van der Waals surface area contributed by atoms with Crippen LogP contribution in [0.2, 0.25) is 5.02 Å². The molecule has 0 bridgehead atoms. The summed E-state index contributed by atoms with van der Waals surface area (Å²) in [5, 5.41) is 0.519. The lowest BCUT2D eigenvalue weighted by Crippen LogP contribution is -2.38. The number of fused-ring (bicyclic) bond motifs is 1. The van der Waals surface area contributed by atoms with Crippen molar-refractivity contribution in [1.82, 2.24) is 0 Å². The van der Waals surface area contributed by atoms with Crippen LogP contribution in [0.3, 0.4) is 0 Å². The smallest absolute Gasteiger partial charge is 0.258 e. The molecule has 1 aliphatic rings. The summed E-state index contributed by atoms with van der Waals surface area (Å²) in [6, 6.07) is 12.8. The van der Waals surface area contributed by atoms with E-state index in [4.69, 9.17) is 21.1 Å². The van der Waals surface area contributed by atoms with E-state index in [2.05, 4.69) is 0 Å². The second-order valence-corrected chi connectivity index (χ2v) is 5.43. The molecule has 0 aromatic heterocycles. The minimum Gasteiger partial charge on any atom is -0.488 e. The minimum absolute atomic E-state index is 0.0595. The summed E-state index contributed by atoms with van der Waals surface area (Å²) in [7, 11) is 1.65. The van der Waals surface area contributed by atoms with E-state index in [1.165, 1.54) is 0 Å². The van der Waals surface area contributed by atoms with Gasteiger partial charge in [-0.05, 0) is 29.8 Å². The molecule has 2 aromatic carbocycles. The molecule has 114 valence electrons. The SMILES string of the molecule is COCc1ccc(C(=O)N2CCOc3c(Cl)cccc32)cc1. The Balaban J connectivity index is 1.89. The Labute approximate surface area is 134 Å². The molecule has 0 N–H and O–H groups in total. The van der Waals surface area contributed by atoms with Crippen molar-refractivity contribution in [2.24, 2.45) is 0 Å². The molecule has 0 radical (unpaired) electrons. The van der Waals surface area contributed by atoms with E-state index in [0.29, 0.717) is 41.8 Å². The molecule has 3 rings (SSSR count). The van der Waals surface area contributed by atoms with E-state index < -0.39 is 0 Å². The maximum atomic E-state index is 12.7. The number of hydrogen-bond donors (Lipinski definition) is 0. The lowest BCUT2D eigenvalue weighted by Gasteiger charge is -2.30. The molecule has 22 heavy (non-hydrogen) atoms. The van der Waals surface area contributed by atoms with E-state index in [1.54, 1.807) is 18.1 Å². The summed E-state index contributed by atoms with van der Waals surface area (Å²) < 4.78 is 10.7. The number of halogens is 1. The fourth-order valence-corrected chi connectivity index (χ4v) is 2.71. The lowest BCUT2D eigenvalue weighted by atomic mass is 10.1. The molecule has 0 saturated heterocycles. The topological polar surface area (TPSA) is 38.8 Å². The van der Waals surface area contributed by atoms with Crippen LogP contribution in [0.1, 0.15) is 15.9 Å². The van der Waals surface area contributed by atoms with Gasteiger partial charge in [-0.25, -0.2) is 0 Å². The first-order valence-corrected chi connectivity index (χ1v) is 7.39. The third-order valence-corrected chi connectivity index (χ3v) is 3.85.